The molecule has 0 bridgehead atoms. The molecule has 1 aliphatic heterocycles. The normalized spacial score (nSPS) is 30.4. The summed E-state index contributed by atoms with van der Waals surface area (Å²) in [4.78, 5) is 38.5. The molecule has 264 valence electrons. The summed E-state index contributed by atoms with van der Waals surface area (Å²) in [6, 6.07) is 12.7. The Labute approximate surface area is 285 Å². The molecule has 2 aliphatic carbocycles. The molecule has 10 nitrogen and oxygen atoms in total. The van der Waals surface area contributed by atoms with Gasteiger partial charge < -0.3 is 29.2 Å². The van der Waals surface area contributed by atoms with Crippen LogP contribution in [0, 0.1) is 23.2 Å². The van der Waals surface area contributed by atoms with E-state index >= 15 is 0 Å². The van der Waals surface area contributed by atoms with E-state index in [1.807, 2.05) is 52.0 Å². The highest BCUT2D eigenvalue weighted by atomic mass is 16.6. The number of allylic oxidation sites excluding steroid dienone is 1. The smallest absolute Gasteiger partial charge is 0.303 e. The summed E-state index contributed by atoms with van der Waals surface area (Å²) < 4.78 is 22.2. The molecule has 0 saturated heterocycles. The van der Waals surface area contributed by atoms with E-state index in [1.165, 1.54) is 14.0 Å². The quantitative estimate of drug-likeness (QED) is 0.220. The Kier molecular flexibility index (Phi) is 15.6. The van der Waals surface area contributed by atoms with E-state index in [0.717, 1.165) is 11.8 Å². The van der Waals surface area contributed by atoms with Crippen molar-refractivity contribution in [3.05, 3.63) is 83.4 Å². The predicted molar refractivity (Wildman–Crippen MR) is 184 cm³/mol. The van der Waals surface area contributed by atoms with Gasteiger partial charge in [0.25, 0.3) is 0 Å². The van der Waals surface area contributed by atoms with E-state index in [0.29, 0.717) is 36.9 Å². The molecule has 8 atom stereocenters. The van der Waals surface area contributed by atoms with Crippen molar-refractivity contribution in [1.29, 1.82) is 0 Å². The molecule has 48 heavy (non-hydrogen) atoms. The van der Waals surface area contributed by atoms with Crippen LogP contribution >= 0.6 is 0 Å². The molecule has 3 aliphatic rings. The van der Waals surface area contributed by atoms with Gasteiger partial charge in [-0.3, -0.25) is 19.4 Å². The number of benzene rings is 1. The van der Waals surface area contributed by atoms with Gasteiger partial charge >= 0.3 is 5.97 Å². The van der Waals surface area contributed by atoms with Crippen LogP contribution in [0.3, 0.4) is 0 Å². The second kappa shape index (κ2) is 18.6. The van der Waals surface area contributed by atoms with Gasteiger partial charge in [0.15, 0.2) is 6.29 Å². The van der Waals surface area contributed by atoms with Crippen LogP contribution in [0.5, 0.6) is 0 Å². The van der Waals surface area contributed by atoms with Crippen molar-refractivity contribution < 1.29 is 43.5 Å². The van der Waals surface area contributed by atoms with E-state index in [9.17, 15) is 24.6 Å². The maximum absolute atomic E-state index is 12.3. The van der Waals surface area contributed by atoms with Gasteiger partial charge in [-0.1, -0.05) is 58.0 Å². The predicted octanol–water partition coefficient (Wildman–Crippen LogP) is 5.82. The Bertz CT molecular complexity index is 1380. The van der Waals surface area contributed by atoms with Crippen molar-refractivity contribution in [3.8, 4) is 0 Å². The Hall–Kier alpha value is -3.86. The number of fused-ring (bicyclic) bond motifs is 3. The number of carbonyl (C=O) groups excluding carboxylic acids is 3. The number of carbonyl (C=O) groups is 3. The maximum Gasteiger partial charge on any atom is 0.303 e. The lowest BCUT2D eigenvalue weighted by atomic mass is 9.46. The van der Waals surface area contributed by atoms with Crippen LogP contribution in [0.4, 0.5) is 0 Å². The van der Waals surface area contributed by atoms with Gasteiger partial charge in [0.05, 0.1) is 24.9 Å². The number of nitrogens with zero attached hydrogens (tertiary/aromatic N) is 1. The van der Waals surface area contributed by atoms with Crippen molar-refractivity contribution in [3.63, 3.8) is 0 Å². The zero-order chi connectivity index (χ0) is 36.1. The Morgan fingerprint density at radius 3 is 2.17 bits per heavy atom. The van der Waals surface area contributed by atoms with Crippen molar-refractivity contribution in [2.24, 2.45) is 23.2 Å². The number of hydrogen-bond donors (Lipinski definition) is 2. The number of ether oxygens (including phenoxy) is 4. The number of aldehydes is 2. The lowest BCUT2D eigenvalue weighted by molar-refractivity contribution is -0.256. The zero-order valence-corrected chi connectivity index (χ0v) is 29.7. The molecule has 1 aromatic heterocycles. The van der Waals surface area contributed by atoms with Crippen molar-refractivity contribution in [2.75, 3.05) is 21.3 Å². The number of pyridine rings is 1. The van der Waals surface area contributed by atoms with Crippen LogP contribution in [0.2, 0.25) is 0 Å². The Balaban J connectivity index is 0.000000521. The second-order valence-corrected chi connectivity index (χ2v) is 12.4. The summed E-state index contributed by atoms with van der Waals surface area (Å²) in [7, 11) is 4.76. The van der Waals surface area contributed by atoms with E-state index in [4.69, 9.17) is 14.2 Å². The number of esters is 1. The van der Waals surface area contributed by atoms with Gasteiger partial charge in [0.1, 0.15) is 29.5 Å². The average molecular weight is 668 g/mol. The van der Waals surface area contributed by atoms with E-state index < -0.39 is 41.2 Å². The number of aromatic nitrogens is 1. The van der Waals surface area contributed by atoms with Crippen LogP contribution in [0.25, 0.3) is 5.76 Å². The van der Waals surface area contributed by atoms with Gasteiger partial charge in [-0.2, -0.15) is 0 Å². The monoisotopic (exact) mass is 667 g/mol. The molecule has 2 saturated carbocycles. The van der Waals surface area contributed by atoms with Gasteiger partial charge in [0, 0.05) is 56.7 Å². The number of hydrogen-bond acceptors (Lipinski definition) is 10. The fourth-order valence-electron chi connectivity index (χ4n) is 7.42. The van der Waals surface area contributed by atoms with Gasteiger partial charge in [-0.25, -0.2) is 0 Å². The molecular weight excluding hydrogens is 614 g/mol. The number of aliphatic hydroxyl groups excluding tert-OH is 2. The summed E-state index contributed by atoms with van der Waals surface area (Å²) >= 11 is 0. The molecule has 2 fully saturated rings. The first-order valence-electron chi connectivity index (χ1n) is 16.4. The Morgan fingerprint density at radius 2 is 1.67 bits per heavy atom. The lowest BCUT2D eigenvalue weighted by Gasteiger charge is -2.64. The summed E-state index contributed by atoms with van der Waals surface area (Å²) in [5.41, 5.74) is -0.0220. The molecule has 10 heteroatoms. The average Bonchev–Trinajstić information content (AvgIpc) is 3.08. The highest BCUT2D eigenvalue weighted by molar-refractivity contribution is 5.79. The first-order valence-corrected chi connectivity index (χ1v) is 16.4. The Morgan fingerprint density at radius 1 is 1.02 bits per heavy atom. The SMILES string of the molecule is CC.CO/C(=C\C1=C(C=O)C(O)C2C3(C)CCC(O)C(C)C3CC(OC(C)=O)C2(C)O1)c1cccnc1.COC.O=Cc1ccccc1. The van der Waals surface area contributed by atoms with Crippen LogP contribution in [0.15, 0.2) is 72.3 Å². The van der Waals surface area contributed by atoms with Crippen LogP contribution in [0.1, 0.15) is 76.7 Å². The molecule has 1 aromatic carbocycles. The first-order chi connectivity index (χ1) is 22.9. The zero-order valence-electron chi connectivity index (χ0n) is 29.7. The molecule has 0 radical (unpaired) electrons. The third kappa shape index (κ3) is 8.98. The van der Waals surface area contributed by atoms with Gasteiger partial charge in [0.2, 0.25) is 0 Å². The summed E-state index contributed by atoms with van der Waals surface area (Å²) in [5, 5.41) is 22.3. The summed E-state index contributed by atoms with van der Waals surface area (Å²) in [6.07, 6.45) is 5.75. The minimum atomic E-state index is -1.15. The summed E-state index contributed by atoms with van der Waals surface area (Å²) in [5.74, 6) is -0.471. The fourth-order valence-corrected chi connectivity index (χ4v) is 7.42. The standard InChI is InChI=1S/C27H35NO7.C7H6O.C2H6O.C2H6/c1-15-19-11-23(34-16(2)30)27(4)25(26(19,3)9-8-20(15)31)24(32)18(14-29)22(35-27)12-21(33-5)17-7-6-10-28-13-17;8-6-7-4-2-1-3-5-7;1-3-2;1-2/h6-7,10,12-15,19-20,23-25,31-32H,8-9,11H2,1-5H3;1-6H;1-2H3;1-2H3/b21-12-;;;. The highest BCUT2D eigenvalue weighted by Crippen LogP contribution is 2.63. The minimum Gasteiger partial charge on any atom is -0.496 e. The first kappa shape index (κ1) is 40.3. The van der Waals surface area contributed by atoms with Crippen molar-refractivity contribution in [1.82, 2.24) is 4.98 Å². The van der Waals surface area contributed by atoms with Crippen LogP contribution in [-0.4, -0.2) is 79.0 Å². The van der Waals surface area contributed by atoms with E-state index in [1.54, 1.807) is 50.9 Å². The topological polar surface area (TPSA) is 141 Å². The third-order valence-electron chi connectivity index (χ3n) is 9.55. The highest BCUT2D eigenvalue weighted by Gasteiger charge is 2.67. The second-order valence-electron chi connectivity index (χ2n) is 12.4. The fraction of sp³-hybridized carbons (Fsp3) is 0.526. The van der Waals surface area contributed by atoms with E-state index in [2.05, 4.69) is 16.6 Å². The van der Waals surface area contributed by atoms with Gasteiger partial charge in [-0.05, 0) is 55.6 Å². The molecule has 2 aromatic rings. The van der Waals surface area contributed by atoms with Crippen molar-refractivity contribution >= 4 is 24.3 Å². The number of rotatable bonds is 6. The summed E-state index contributed by atoms with van der Waals surface area (Å²) in [6.45, 7) is 11.3. The molecule has 0 spiro atoms. The minimum absolute atomic E-state index is 0.0261. The van der Waals surface area contributed by atoms with Gasteiger partial charge in [-0.15, -0.1) is 0 Å². The molecule has 5 rings (SSSR count). The lowest BCUT2D eigenvalue weighted by Crippen LogP contribution is -2.69. The number of aliphatic hydroxyl groups is 2. The largest absolute Gasteiger partial charge is 0.496 e. The van der Waals surface area contributed by atoms with Crippen LogP contribution in [-0.2, 0) is 28.5 Å². The third-order valence-corrected chi connectivity index (χ3v) is 9.55. The number of methoxy groups -OCH3 is 2. The maximum atomic E-state index is 12.3. The van der Waals surface area contributed by atoms with Crippen molar-refractivity contribution in [2.45, 2.75) is 84.7 Å². The molecule has 8 unspecified atom stereocenters. The molecule has 0 amide bonds. The van der Waals surface area contributed by atoms with Crippen LogP contribution < -0.4 is 0 Å². The van der Waals surface area contributed by atoms with E-state index in [-0.39, 0.29) is 23.2 Å². The molecule has 2 heterocycles. The molecule has 2 N–H and O–H groups in total. The molecular formula is C38H53NO9.